The van der Waals surface area contributed by atoms with Crippen molar-refractivity contribution in [2.24, 2.45) is 11.1 Å². The number of ether oxygens (including phenoxy) is 1. The van der Waals surface area contributed by atoms with Crippen LogP contribution < -0.4 is 5.73 Å². The van der Waals surface area contributed by atoms with Crippen molar-refractivity contribution >= 4 is 5.97 Å². The number of hydrogen-bond donors (Lipinski definition) is 1. The van der Waals surface area contributed by atoms with Gasteiger partial charge in [0.1, 0.15) is 0 Å². The minimum absolute atomic E-state index is 0.0831. The molecule has 0 aliphatic heterocycles. The van der Waals surface area contributed by atoms with Crippen molar-refractivity contribution in [2.75, 3.05) is 6.61 Å². The van der Waals surface area contributed by atoms with Crippen molar-refractivity contribution in [3.63, 3.8) is 0 Å². The predicted octanol–water partition coefficient (Wildman–Crippen LogP) is 1.46. The van der Waals surface area contributed by atoms with Gasteiger partial charge in [-0.15, -0.1) is 0 Å². The molecule has 1 fully saturated rings. The van der Waals surface area contributed by atoms with E-state index in [1.807, 2.05) is 6.92 Å². The van der Waals surface area contributed by atoms with Gasteiger partial charge in [-0.3, -0.25) is 4.79 Å². The molecule has 0 spiro atoms. The number of nitrogens with two attached hydrogens (primary N) is 1. The standard InChI is InChI=1S/C10H19NO2/c1-4-13-8(12)7-10(11)6-5-9(10,2)3/h4-7,11H2,1-3H3. The summed E-state index contributed by atoms with van der Waals surface area (Å²) in [6.45, 7) is 6.47. The molecule has 1 saturated carbocycles. The predicted molar refractivity (Wildman–Crippen MR) is 51.2 cm³/mol. The normalized spacial score (nSPS) is 30.8. The van der Waals surface area contributed by atoms with Gasteiger partial charge in [0.05, 0.1) is 13.0 Å². The third kappa shape index (κ3) is 1.85. The van der Waals surface area contributed by atoms with E-state index in [4.69, 9.17) is 10.5 Å². The van der Waals surface area contributed by atoms with E-state index in [1.165, 1.54) is 0 Å². The minimum Gasteiger partial charge on any atom is -0.466 e. The van der Waals surface area contributed by atoms with E-state index in [0.29, 0.717) is 13.0 Å². The first-order valence-corrected chi connectivity index (χ1v) is 4.86. The molecule has 1 aliphatic carbocycles. The molecule has 0 aromatic heterocycles. The monoisotopic (exact) mass is 185 g/mol. The van der Waals surface area contributed by atoms with Crippen LogP contribution in [0, 0.1) is 5.41 Å². The molecule has 1 unspecified atom stereocenters. The lowest BCUT2D eigenvalue weighted by Gasteiger charge is -2.53. The van der Waals surface area contributed by atoms with Gasteiger partial charge in [0.2, 0.25) is 0 Å². The van der Waals surface area contributed by atoms with Gasteiger partial charge in [-0.05, 0) is 25.2 Å². The second-order valence-electron chi connectivity index (χ2n) is 4.52. The average molecular weight is 185 g/mol. The molecule has 0 radical (unpaired) electrons. The summed E-state index contributed by atoms with van der Waals surface area (Å²) in [5.41, 5.74) is 5.86. The SMILES string of the molecule is CCOC(=O)CC1(N)CCC1(C)C. The fraction of sp³-hybridized carbons (Fsp3) is 0.900. The molecule has 3 nitrogen and oxygen atoms in total. The molecule has 0 bridgehead atoms. The maximum atomic E-state index is 11.2. The second-order valence-corrected chi connectivity index (χ2v) is 4.52. The first kappa shape index (κ1) is 10.5. The van der Waals surface area contributed by atoms with Crippen molar-refractivity contribution in [1.29, 1.82) is 0 Å². The summed E-state index contributed by atoms with van der Waals surface area (Å²) >= 11 is 0. The molecule has 13 heavy (non-hydrogen) atoms. The molecule has 1 rings (SSSR count). The summed E-state index contributed by atoms with van der Waals surface area (Å²) in [6, 6.07) is 0. The molecule has 0 aromatic carbocycles. The van der Waals surface area contributed by atoms with Crippen LogP contribution in [0.2, 0.25) is 0 Å². The summed E-state index contributed by atoms with van der Waals surface area (Å²) in [7, 11) is 0. The second kappa shape index (κ2) is 3.29. The zero-order chi connectivity index (χ0) is 10.1. The maximum Gasteiger partial charge on any atom is 0.307 e. The van der Waals surface area contributed by atoms with Crippen molar-refractivity contribution in [1.82, 2.24) is 0 Å². The van der Waals surface area contributed by atoms with E-state index in [-0.39, 0.29) is 16.9 Å². The van der Waals surface area contributed by atoms with Gasteiger partial charge in [-0.25, -0.2) is 0 Å². The first-order valence-electron chi connectivity index (χ1n) is 4.86. The number of esters is 1. The minimum atomic E-state index is -0.334. The molecule has 0 aromatic rings. The summed E-state index contributed by atoms with van der Waals surface area (Å²) in [6.07, 6.45) is 2.38. The highest BCUT2D eigenvalue weighted by Crippen LogP contribution is 2.49. The maximum absolute atomic E-state index is 11.2. The highest BCUT2D eigenvalue weighted by molar-refractivity contribution is 5.71. The number of carbonyl (C=O) groups is 1. The largest absolute Gasteiger partial charge is 0.466 e. The Morgan fingerprint density at radius 1 is 1.46 bits per heavy atom. The van der Waals surface area contributed by atoms with Crippen LogP contribution in [0.1, 0.15) is 40.0 Å². The van der Waals surface area contributed by atoms with Gasteiger partial charge >= 0.3 is 5.97 Å². The third-order valence-electron chi connectivity index (χ3n) is 3.31. The van der Waals surface area contributed by atoms with Crippen LogP contribution in [0.5, 0.6) is 0 Å². The Morgan fingerprint density at radius 2 is 2.08 bits per heavy atom. The first-order chi connectivity index (χ1) is 5.91. The van der Waals surface area contributed by atoms with Crippen molar-refractivity contribution < 1.29 is 9.53 Å². The molecular formula is C10H19NO2. The van der Waals surface area contributed by atoms with E-state index < -0.39 is 0 Å². The van der Waals surface area contributed by atoms with Gasteiger partial charge in [0.15, 0.2) is 0 Å². The van der Waals surface area contributed by atoms with Crippen molar-refractivity contribution in [2.45, 2.75) is 45.6 Å². The topological polar surface area (TPSA) is 52.3 Å². The highest BCUT2D eigenvalue weighted by Gasteiger charge is 2.51. The van der Waals surface area contributed by atoms with Crippen LogP contribution in [-0.4, -0.2) is 18.1 Å². The third-order valence-corrected chi connectivity index (χ3v) is 3.31. The van der Waals surface area contributed by atoms with Crippen LogP contribution in [0.4, 0.5) is 0 Å². The van der Waals surface area contributed by atoms with E-state index in [1.54, 1.807) is 0 Å². The van der Waals surface area contributed by atoms with Crippen LogP contribution in [0.15, 0.2) is 0 Å². The number of hydrogen-bond acceptors (Lipinski definition) is 3. The lowest BCUT2D eigenvalue weighted by Crippen LogP contribution is -2.61. The Hall–Kier alpha value is -0.570. The van der Waals surface area contributed by atoms with E-state index >= 15 is 0 Å². The van der Waals surface area contributed by atoms with Gasteiger partial charge < -0.3 is 10.5 Å². The van der Waals surface area contributed by atoms with Gasteiger partial charge in [-0.1, -0.05) is 13.8 Å². The van der Waals surface area contributed by atoms with E-state index in [0.717, 1.165) is 12.8 Å². The number of carbonyl (C=O) groups excluding carboxylic acids is 1. The van der Waals surface area contributed by atoms with Gasteiger partial charge in [0.25, 0.3) is 0 Å². The summed E-state index contributed by atoms with van der Waals surface area (Å²) < 4.78 is 4.89. The van der Waals surface area contributed by atoms with Crippen LogP contribution in [0.25, 0.3) is 0 Å². The Balaban J connectivity index is 2.49. The molecule has 3 heteroatoms. The molecule has 76 valence electrons. The molecular weight excluding hydrogens is 166 g/mol. The highest BCUT2D eigenvalue weighted by atomic mass is 16.5. The Labute approximate surface area is 79.6 Å². The van der Waals surface area contributed by atoms with Gasteiger partial charge in [0, 0.05) is 5.54 Å². The summed E-state index contributed by atoms with van der Waals surface area (Å²) in [5.74, 6) is -0.169. The van der Waals surface area contributed by atoms with Crippen molar-refractivity contribution in [3.05, 3.63) is 0 Å². The van der Waals surface area contributed by atoms with E-state index in [2.05, 4.69) is 13.8 Å². The Kier molecular flexibility index (Phi) is 2.66. The summed E-state index contributed by atoms with van der Waals surface area (Å²) in [4.78, 5) is 11.2. The molecule has 1 aliphatic rings. The quantitative estimate of drug-likeness (QED) is 0.677. The summed E-state index contributed by atoms with van der Waals surface area (Å²) in [5, 5.41) is 0. The smallest absolute Gasteiger partial charge is 0.307 e. The Morgan fingerprint density at radius 3 is 2.38 bits per heavy atom. The Bertz CT molecular complexity index is 213. The molecule has 2 N–H and O–H groups in total. The zero-order valence-corrected chi connectivity index (χ0v) is 8.72. The van der Waals surface area contributed by atoms with Crippen LogP contribution in [-0.2, 0) is 9.53 Å². The van der Waals surface area contributed by atoms with E-state index in [9.17, 15) is 4.79 Å². The van der Waals surface area contributed by atoms with Crippen LogP contribution in [0.3, 0.4) is 0 Å². The lowest BCUT2D eigenvalue weighted by atomic mass is 9.56. The molecule has 1 atom stereocenters. The average Bonchev–Trinajstić information content (AvgIpc) is 2.03. The zero-order valence-electron chi connectivity index (χ0n) is 8.72. The molecule has 0 saturated heterocycles. The fourth-order valence-electron chi connectivity index (χ4n) is 1.74. The number of rotatable bonds is 3. The molecule has 0 heterocycles. The molecule has 0 amide bonds. The fourth-order valence-corrected chi connectivity index (χ4v) is 1.74. The van der Waals surface area contributed by atoms with Crippen molar-refractivity contribution in [3.8, 4) is 0 Å². The lowest BCUT2D eigenvalue weighted by molar-refractivity contribution is -0.148. The van der Waals surface area contributed by atoms with Gasteiger partial charge in [-0.2, -0.15) is 0 Å². The van der Waals surface area contributed by atoms with Crippen LogP contribution >= 0.6 is 0 Å².